The number of benzene rings is 1. The van der Waals surface area contributed by atoms with E-state index in [9.17, 15) is 24.9 Å². The maximum Gasteiger partial charge on any atom is 0.247 e. The van der Waals surface area contributed by atoms with E-state index in [0.717, 1.165) is 6.42 Å². The number of hydrogen-bond donors (Lipinski definition) is 4. The Morgan fingerprint density at radius 3 is 2.59 bits per heavy atom. The maximum absolute atomic E-state index is 13.2. The highest BCUT2D eigenvalue weighted by atomic mass is 16.5. The third-order valence-electron chi connectivity index (χ3n) is 6.42. The van der Waals surface area contributed by atoms with Crippen molar-refractivity contribution in [3.05, 3.63) is 34.9 Å². The van der Waals surface area contributed by atoms with Gasteiger partial charge in [-0.2, -0.15) is 0 Å². The Balaban J connectivity index is 2.11. The largest absolute Gasteiger partial charge is 0.493 e. The molecule has 4 atom stereocenters. The normalized spacial score (nSPS) is 23.0. The number of aliphatic hydroxyl groups is 3. The van der Waals surface area contributed by atoms with E-state index in [1.165, 1.54) is 7.11 Å². The number of methoxy groups -OCH3 is 1. The van der Waals surface area contributed by atoms with Crippen LogP contribution in [-0.2, 0) is 16.2 Å². The molecule has 0 radical (unpaired) electrons. The van der Waals surface area contributed by atoms with Crippen molar-refractivity contribution in [1.82, 2.24) is 10.2 Å². The molecule has 4 N–H and O–H groups in total. The number of amides is 2. The predicted octanol–water partition coefficient (Wildman–Crippen LogP) is 1.09. The Hall–Kier alpha value is -2.62. The standard InChI is InChI=1S/C25H36N2O7/c1-5-20(30)27(8-6-14(2)3)18-12-17(25(32)26-7-9-28)21-16-10-15(13-29)11-19(33-4)23(16)34-24(21)22(18)31/h10-12,14,18,21-22,24,28-29,31H,5-9,13H2,1-4H3,(H,26,32)/t18-,21+,22+,24+/m1/s1. The van der Waals surface area contributed by atoms with Gasteiger partial charge in [0, 0.05) is 30.6 Å². The van der Waals surface area contributed by atoms with Crippen molar-refractivity contribution in [1.29, 1.82) is 0 Å². The smallest absolute Gasteiger partial charge is 0.247 e. The second kappa shape index (κ2) is 11.2. The van der Waals surface area contributed by atoms with Gasteiger partial charge < -0.3 is 35.0 Å². The first-order chi connectivity index (χ1) is 16.3. The van der Waals surface area contributed by atoms with E-state index in [1.807, 2.05) is 0 Å². The Bertz CT molecular complexity index is 930. The molecule has 0 spiro atoms. The number of rotatable bonds is 10. The molecular weight excluding hydrogens is 440 g/mol. The van der Waals surface area contributed by atoms with Gasteiger partial charge in [0.25, 0.3) is 0 Å². The van der Waals surface area contributed by atoms with Crippen LogP contribution in [-0.4, -0.2) is 77.1 Å². The first kappa shape index (κ1) is 26.0. The first-order valence-corrected chi connectivity index (χ1v) is 11.8. The Kier molecular flexibility index (Phi) is 8.57. The number of hydrogen-bond acceptors (Lipinski definition) is 7. The van der Waals surface area contributed by atoms with Gasteiger partial charge in [-0.05, 0) is 36.1 Å². The summed E-state index contributed by atoms with van der Waals surface area (Å²) in [7, 11) is 1.49. The van der Waals surface area contributed by atoms with E-state index in [-0.39, 0.29) is 32.1 Å². The molecular formula is C25H36N2O7. The van der Waals surface area contributed by atoms with Gasteiger partial charge in [0.1, 0.15) is 12.2 Å². The van der Waals surface area contributed by atoms with E-state index in [0.29, 0.717) is 40.7 Å². The molecule has 0 bridgehead atoms. The zero-order valence-electron chi connectivity index (χ0n) is 20.3. The summed E-state index contributed by atoms with van der Waals surface area (Å²) < 4.78 is 11.6. The number of nitrogens with one attached hydrogen (secondary N) is 1. The fraction of sp³-hybridized carbons (Fsp3) is 0.600. The van der Waals surface area contributed by atoms with E-state index >= 15 is 0 Å². The molecule has 188 valence electrons. The van der Waals surface area contributed by atoms with Crippen molar-refractivity contribution >= 4 is 11.8 Å². The summed E-state index contributed by atoms with van der Waals surface area (Å²) >= 11 is 0. The van der Waals surface area contributed by atoms with Crippen molar-refractivity contribution in [2.45, 2.75) is 64.4 Å². The molecule has 1 aliphatic carbocycles. The molecule has 1 aromatic rings. The highest BCUT2D eigenvalue weighted by molar-refractivity contribution is 5.96. The van der Waals surface area contributed by atoms with E-state index in [1.54, 1.807) is 30.0 Å². The minimum atomic E-state index is -1.09. The van der Waals surface area contributed by atoms with Crippen LogP contribution < -0.4 is 14.8 Å². The molecule has 0 saturated heterocycles. The third-order valence-corrected chi connectivity index (χ3v) is 6.42. The van der Waals surface area contributed by atoms with Gasteiger partial charge >= 0.3 is 0 Å². The predicted molar refractivity (Wildman–Crippen MR) is 126 cm³/mol. The topological polar surface area (TPSA) is 129 Å². The van der Waals surface area contributed by atoms with Crippen LogP contribution in [0.15, 0.2) is 23.8 Å². The van der Waals surface area contributed by atoms with Gasteiger partial charge in [-0.1, -0.05) is 20.8 Å². The molecule has 0 aromatic heterocycles. The van der Waals surface area contributed by atoms with Crippen LogP contribution in [0.4, 0.5) is 0 Å². The highest BCUT2D eigenvalue weighted by Crippen LogP contribution is 2.51. The summed E-state index contributed by atoms with van der Waals surface area (Å²) in [5.74, 6) is 0.0136. The number of carbonyl (C=O) groups is 2. The number of aliphatic hydroxyl groups excluding tert-OH is 3. The fourth-order valence-corrected chi connectivity index (χ4v) is 4.66. The highest BCUT2D eigenvalue weighted by Gasteiger charge is 2.51. The van der Waals surface area contributed by atoms with Gasteiger partial charge in [0.05, 0.1) is 32.3 Å². The average Bonchev–Trinajstić information content (AvgIpc) is 3.22. The lowest BCUT2D eigenvalue weighted by atomic mass is 9.77. The molecule has 3 rings (SSSR count). The van der Waals surface area contributed by atoms with Gasteiger partial charge in [-0.25, -0.2) is 0 Å². The molecule has 1 aromatic carbocycles. The zero-order valence-corrected chi connectivity index (χ0v) is 20.3. The molecule has 34 heavy (non-hydrogen) atoms. The summed E-state index contributed by atoms with van der Waals surface area (Å²) in [6.07, 6.45) is 0.760. The minimum absolute atomic E-state index is 0.0689. The van der Waals surface area contributed by atoms with E-state index < -0.39 is 30.1 Å². The summed E-state index contributed by atoms with van der Waals surface area (Å²) in [5.41, 5.74) is 1.57. The lowest BCUT2D eigenvalue weighted by molar-refractivity contribution is -0.137. The lowest BCUT2D eigenvalue weighted by Gasteiger charge is -2.41. The monoisotopic (exact) mass is 476 g/mol. The number of carbonyl (C=O) groups excluding carboxylic acids is 2. The average molecular weight is 477 g/mol. The third kappa shape index (κ3) is 5.06. The van der Waals surface area contributed by atoms with Crippen molar-refractivity contribution in [2.24, 2.45) is 5.92 Å². The number of fused-ring (bicyclic) bond motifs is 3. The summed E-state index contributed by atoms with van der Waals surface area (Å²) in [6, 6.07) is 2.65. The molecule has 9 heteroatoms. The molecule has 2 amide bonds. The van der Waals surface area contributed by atoms with Crippen LogP contribution in [0.5, 0.6) is 11.5 Å². The number of nitrogens with zero attached hydrogens (tertiary/aromatic N) is 1. The molecule has 1 aliphatic heterocycles. The Morgan fingerprint density at radius 2 is 2.00 bits per heavy atom. The van der Waals surface area contributed by atoms with Gasteiger partial charge in [0.2, 0.25) is 11.8 Å². The van der Waals surface area contributed by atoms with Crippen LogP contribution in [0.3, 0.4) is 0 Å². The van der Waals surface area contributed by atoms with Crippen molar-refractivity contribution < 1.29 is 34.4 Å². The van der Waals surface area contributed by atoms with Crippen LogP contribution in [0.25, 0.3) is 0 Å². The van der Waals surface area contributed by atoms with Crippen LogP contribution >= 0.6 is 0 Å². The van der Waals surface area contributed by atoms with Gasteiger partial charge in [-0.15, -0.1) is 0 Å². The van der Waals surface area contributed by atoms with Gasteiger partial charge in [-0.3, -0.25) is 9.59 Å². The zero-order chi connectivity index (χ0) is 25.0. The van der Waals surface area contributed by atoms with Crippen molar-refractivity contribution in [2.75, 3.05) is 26.8 Å². The maximum atomic E-state index is 13.2. The second-order valence-corrected chi connectivity index (χ2v) is 9.14. The van der Waals surface area contributed by atoms with Crippen molar-refractivity contribution in [3.63, 3.8) is 0 Å². The van der Waals surface area contributed by atoms with E-state index in [2.05, 4.69) is 19.2 Å². The van der Waals surface area contributed by atoms with E-state index in [4.69, 9.17) is 9.47 Å². The van der Waals surface area contributed by atoms with Crippen LogP contribution in [0, 0.1) is 5.92 Å². The summed E-state index contributed by atoms with van der Waals surface area (Å²) in [4.78, 5) is 27.7. The molecule has 0 saturated carbocycles. The lowest BCUT2D eigenvalue weighted by Crippen LogP contribution is -2.56. The fourth-order valence-electron chi connectivity index (χ4n) is 4.66. The minimum Gasteiger partial charge on any atom is -0.493 e. The van der Waals surface area contributed by atoms with Crippen LogP contribution in [0.2, 0.25) is 0 Å². The van der Waals surface area contributed by atoms with Crippen molar-refractivity contribution in [3.8, 4) is 11.5 Å². The Morgan fingerprint density at radius 1 is 1.26 bits per heavy atom. The molecule has 2 aliphatic rings. The van der Waals surface area contributed by atoms with Gasteiger partial charge in [0.15, 0.2) is 11.5 Å². The van der Waals surface area contributed by atoms with Crippen LogP contribution in [0.1, 0.15) is 50.7 Å². The molecule has 0 fully saturated rings. The first-order valence-electron chi connectivity index (χ1n) is 11.8. The number of ether oxygens (including phenoxy) is 2. The molecule has 9 nitrogen and oxygen atoms in total. The second-order valence-electron chi connectivity index (χ2n) is 9.14. The molecule has 1 heterocycles. The summed E-state index contributed by atoms with van der Waals surface area (Å²) in [6.45, 7) is 5.96. The summed E-state index contributed by atoms with van der Waals surface area (Å²) in [5, 5.41) is 33.1. The Labute approximate surface area is 200 Å². The molecule has 0 unspecified atom stereocenters. The quantitative estimate of drug-likeness (QED) is 0.398. The SMILES string of the molecule is CCC(=O)N(CCC(C)C)[C@@H]1C=C(C(=O)NCCO)[C@@H]2c3cc(CO)cc(OC)c3O[C@@H]2[C@H]1O.